The van der Waals surface area contributed by atoms with Crippen LogP contribution in [-0.4, -0.2) is 44.0 Å². The Morgan fingerprint density at radius 1 is 1.48 bits per heavy atom. The zero-order valence-electron chi connectivity index (χ0n) is 11.6. The van der Waals surface area contributed by atoms with Crippen molar-refractivity contribution in [3.8, 4) is 0 Å². The smallest absolute Gasteiger partial charge is 0.239 e. The Morgan fingerprint density at radius 3 is 3.00 bits per heavy atom. The summed E-state index contributed by atoms with van der Waals surface area (Å²) < 4.78 is 18.6. The Kier molecular flexibility index (Phi) is 8.68. The van der Waals surface area contributed by atoms with Gasteiger partial charge in [-0.2, -0.15) is 11.8 Å². The van der Waals surface area contributed by atoms with Gasteiger partial charge in [0.25, 0.3) is 0 Å². The van der Waals surface area contributed by atoms with Crippen molar-refractivity contribution < 1.29 is 13.9 Å². The molecule has 1 aromatic rings. The van der Waals surface area contributed by atoms with E-state index in [9.17, 15) is 9.18 Å². The standard InChI is InChI=1S/C14H19FN2O2S.ClH/c15-12-4-2-1-3-11(12)10-20-8-6-17-14(18)13-9-19-7-5-16-13;/h1-4,13,16H,5-10H2,(H,17,18);1H. The highest BCUT2D eigenvalue weighted by Gasteiger charge is 2.20. The lowest BCUT2D eigenvalue weighted by atomic mass is 10.2. The van der Waals surface area contributed by atoms with E-state index in [4.69, 9.17) is 4.74 Å². The summed E-state index contributed by atoms with van der Waals surface area (Å²) in [5.41, 5.74) is 0.700. The summed E-state index contributed by atoms with van der Waals surface area (Å²) in [4.78, 5) is 11.8. The second-order valence-electron chi connectivity index (χ2n) is 4.52. The van der Waals surface area contributed by atoms with E-state index < -0.39 is 0 Å². The first kappa shape index (κ1) is 18.2. The minimum absolute atomic E-state index is 0. The summed E-state index contributed by atoms with van der Waals surface area (Å²) in [6, 6.07) is 6.51. The molecule has 1 amide bonds. The molecule has 2 N–H and O–H groups in total. The molecule has 4 nitrogen and oxygen atoms in total. The van der Waals surface area contributed by atoms with E-state index in [2.05, 4.69) is 10.6 Å². The number of hydrogen-bond acceptors (Lipinski definition) is 4. The van der Waals surface area contributed by atoms with Crippen LogP contribution in [-0.2, 0) is 15.3 Å². The molecule has 1 unspecified atom stereocenters. The third-order valence-electron chi connectivity index (χ3n) is 3.00. The Bertz CT molecular complexity index is 445. The van der Waals surface area contributed by atoms with Crippen molar-refractivity contribution in [1.82, 2.24) is 10.6 Å². The third kappa shape index (κ3) is 6.22. The largest absolute Gasteiger partial charge is 0.378 e. The predicted molar refractivity (Wildman–Crippen MR) is 85.4 cm³/mol. The van der Waals surface area contributed by atoms with Gasteiger partial charge in [-0.05, 0) is 11.6 Å². The lowest BCUT2D eigenvalue weighted by Gasteiger charge is -2.22. The first-order valence-corrected chi connectivity index (χ1v) is 7.83. The van der Waals surface area contributed by atoms with Crippen molar-refractivity contribution in [2.45, 2.75) is 11.8 Å². The highest BCUT2D eigenvalue weighted by Crippen LogP contribution is 2.14. The van der Waals surface area contributed by atoms with Gasteiger partial charge in [0.2, 0.25) is 5.91 Å². The number of hydrogen-bond donors (Lipinski definition) is 2. The second-order valence-corrected chi connectivity index (χ2v) is 5.62. The topological polar surface area (TPSA) is 50.4 Å². The first-order chi connectivity index (χ1) is 9.77. The number of thioether (sulfide) groups is 1. The molecule has 0 spiro atoms. The molecule has 1 saturated heterocycles. The Balaban J connectivity index is 0.00000220. The highest BCUT2D eigenvalue weighted by atomic mass is 35.5. The van der Waals surface area contributed by atoms with Crippen LogP contribution in [0.1, 0.15) is 5.56 Å². The van der Waals surface area contributed by atoms with Crippen LogP contribution in [0.4, 0.5) is 4.39 Å². The van der Waals surface area contributed by atoms with Crippen LogP contribution in [0.25, 0.3) is 0 Å². The van der Waals surface area contributed by atoms with Crippen molar-refractivity contribution >= 4 is 30.1 Å². The summed E-state index contributed by atoms with van der Waals surface area (Å²) in [5, 5.41) is 5.96. The lowest BCUT2D eigenvalue weighted by molar-refractivity contribution is -0.125. The van der Waals surface area contributed by atoms with E-state index in [0.29, 0.717) is 37.6 Å². The molecule has 1 heterocycles. The molecule has 0 aromatic heterocycles. The molecule has 21 heavy (non-hydrogen) atoms. The molecule has 1 atom stereocenters. The average molecular weight is 335 g/mol. The maximum atomic E-state index is 13.4. The Hall–Kier alpha value is -0.820. The minimum Gasteiger partial charge on any atom is -0.378 e. The summed E-state index contributed by atoms with van der Waals surface area (Å²) in [5.74, 6) is 1.17. The number of carbonyl (C=O) groups excluding carboxylic acids is 1. The third-order valence-corrected chi connectivity index (χ3v) is 4.01. The molecule has 0 saturated carbocycles. The normalized spacial score (nSPS) is 17.9. The zero-order valence-corrected chi connectivity index (χ0v) is 13.3. The molecule has 0 aliphatic carbocycles. The van der Waals surface area contributed by atoms with Gasteiger partial charge in [-0.15, -0.1) is 12.4 Å². The number of amides is 1. The number of nitrogens with one attached hydrogen (secondary N) is 2. The van der Waals surface area contributed by atoms with Crippen molar-refractivity contribution in [2.24, 2.45) is 0 Å². The summed E-state index contributed by atoms with van der Waals surface area (Å²) in [6.45, 7) is 2.37. The van der Waals surface area contributed by atoms with E-state index >= 15 is 0 Å². The van der Waals surface area contributed by atoms with Crippen molar-refractivity contribution in [3.63, 3.8) is 0 Å². The average Bonchev–Trinajstić information content (AvgIpc) is 2.49. The maximum absolute atomic E-state index is 13.4. The maximum Gasteiger partial charge on any atom is 0.239 e. The fourth-order valence-corrected chi connectivity index (χ4v) is 2.75. The molecule has 0 bridgehead atoms. The van der Waals surface area contributed by atoms with E-state index in [-0.39, 0.29) is 30.2 Å². The fraction of sp³-hybridized carbons (Fsp3) is 0.500. The van der Waals surface area contributed by atoms with Gasteiger partial charge in [0.05, 0.1) is 13.2 Å². The molecule has 1 aromatic carbocycles. The number of benzene rings is 1. The number of morpholine rings is 1. The van der Waals surface area contributed by atoms with Crippen molar-refractivity contribution in [1.29, 1.82) is 0 Å². The molecule has 0 radical (unpaired) electrons. The minimum atomic E-state index is -0.250. The van der Waals surface area contributed by atoms with Crippen LogP contribution in [0.3, 0.4) is 0 Å². The molecule has 1 aliphatic heterocycles. The van der Waals surface area contributed by atoms with Crippen LogP contribution in [0, 0.1) is 5.82 Å². The van der Waals surface area contributed by atoms with Gasteiger partial charge in [-0.25, -0.2) is 4.39 Å². The van der Waals surface area contributed by atoms with Crippen LogP contribution in [0.2, 0.25) is 0 Å². The van der Waals surface area contributed by atoms with Crippen molar-refractivity contribution in [2.75, 3.05) is 32.1 Å². The second kappa shape index (κ2) is 10.00. The van der Waals surface area contributed by atoms with Crippen LogP contribution in [0.5, 0.6) is 0 Å². The molecule has 1 fully saturated rings. The molecule has 2 rings (SSSR count). The highest BCUT2D eigenvalue weighted by molar-refractivity contribution is 7.98. The monoisotopic (exact) mass is 334 g/mol. The van der Waals surface area contributed by atoms with Gasteiger partial charge in [-0.1, -0.05) is 18.2 Å². The van der Waals surface area contributed by atoms with Gasteiger partial charge < -0.3 is 15.4 Å². The van der Waals surface area contributed by atoms with Gasteiger partial charge in [0.15, 0.2) is 0 Å². The van der Waals surface area contributed by atoms with E-state index in [1.54, 1.807) is 23.9 Å². The number of halogens is 2. The number of ether oxygens (including phenoxy) is 1. The number of carbonyl (C=O) groups is 1. The predicted octanol–water partition coefficient (Wildman–Crippen LogP) is 1.59. The van der Waals surface area contributed by atoms with Gasteiger partial charge >= 0.3 is 0 Å². The summed E-state index contributed by atoms with van der Waals surface area (Å²) in [7, 11) is 0. The summed E-state index contributed by atoms with van der Waals surface area (Å²) in [6.07, 6.45) is 0. The first-order valence-electron chi connectivity index (χ1n) is 6.67. The van der Waals surface area contributed by atoms with Crippen LogP contribution in [0.15, 0.2) is 24.3 Å². The van der Waals surface area contributed by atoms with Crippen LogP contribution < -0.4 is 10.6 Å². The fourth-order valence-electron chi connectivity index (χ4n) is 1.90. The quantitative estimate of drug-likeness (QED) is 0.776. The van der Waals surface area contributed by atoms with E-state index in [0.717, 1.165) is 5.75 Å². The summed E-state index contributed by atoms with van der Waals surface area (Å²) >= 11 is 1.60. The van der Waals surface area contributed by atoms with E-state index in [1.807, 2.05) is 6.07 Å². The Morgan fingerprint density at radius 2 is 2.29 bits per heavy atom. The number of rotatable bonds is 6. The molecular weight excluding hydrogens is 315 g/mol. The molecule has 118 valence electrons. The SMILES string of the molecule is Cl.O=C(NCCSCc1ccccc1F)C1COCCN1. The molecule has 7 heteroatoms. The molecule has 1 aliphatic rings. The van der Waals surface area contributed by atoms with Crippen molar-refractivity contribution in [3.05, 3.63) is 35.6 Å². The lowest BCUT2D eigenvalue weighted by Crippen LogP contribution is -2.51. The Labute approximate surface area is 134 Å². The van der Waals surface area contributed by atoms with E-state index in [1.165, 1.54) is 6.07 Å². The van der Waals surface area contributed by atoms with Gasteiger partial charge in [0, 0.05) is 24.6 Å². The van der Waals surface area contributed by atoms with Crippen LogP contribution >= 0.6 is 24.2 Å². The molecular formula is C14H20ClFN2O2S. The zero-order chi connectivity index (χ0) is 14.2. The van der Waals surface area contributed by atoms with Gasteiger partial charge in [0.1, 0.15) is 11.9 Å². The van der Waals surface area contributed by atoms with Gasteiger partial charge in [-0.3, -0.25) is 4.79 Å².